The summed E-state index contributed by atoms with van der Waals surface area (Å²) in [7, 11) is 0. The van der Waals surface area contributed by atoms with E-state index in [-0.39, 0.29) is 12.1 Å². The van der Waals surface area contributed by atoms with Crippen LogP contribution in [0.3, 0.4) is 0 Å². The Kier molecular flexibility index (Phi) is 3.59. The van der Waals surface area contributed by atoms with Gasteiger partial charge in [0.25, 0.3) is 0 Å². The summed E-state index contributed by atoms with van der Waals surface area (Å²) in [5, 5.41) is 0. The van der Waals surface area contributed by atoms with Crippen LogP contribution in [0.15, 0.2) is 24.3 Å². The average molecular weight is 220 g/mol. The molecule has 3 heteroatoms. The second kappa shape index (κ2) is 4.95. The Morgan fingerprint density at radius 3 is 2.69 bits per heavy atom. The van der Waals surface area contributed by atoms with Crippen molar-refractivity contribution in [1.29, 1.82) is 0 Å². The third-order valence-electron chi connectivity index (χ3n) is 3.34. The van der Waals surface area contributed by atoms with Crippen LogP contribution in [0.1, 0.15) is 36.9 Å². The number of nitrogens with two attached hydrogens (primary N) is 1. The number of ether oxygens (including phenoxy) is 1. The molecule has 2 rings (SSSR count). The summed E-state index contributed by atoms with van der Waals surface area (Å²) in [5.41, 5.74) is 5.39. The number of aryl methyl sites for hydroxylation is 1. The van der Waals surface area contributed by atoms with Gasteiger partial charge in [0.15, 0.2) is 0 Å². The summed E-state index contributed by atoms with van der Waals surface area (Å²) in [4.78, 5) is 0. The van der Waals surface area contributed by atoms with Crippen LogP contribution in [0.4, 0.5) is 0 Å². The van der Waals surface area contributed by atoms with Crippen molar-refractivity contribution in [3.8, 4) is 0 Å². The number of hydrogen-bond acceptors (Lipinski definition) is 3. The average Bonchev–Trinajstić information content (AvgIpc) is 2.69. The molecule has 3 atom stereocenters. The van der Waals surface area contributed by atoms with Gasteiger partial charge in [0.2, 0.25) is 0 Å². The molecule has 0 radical (unpaired) electrons. The van der Waals surface area contributed by atoms with Crippen molar-refractivity contribution in [2.24, 2.45) is 5.84 Å². The molecule has 1 aliphatic rings. The predicted octanol–water partition coefficient (Wildman–Crippen LogP) is 2.07. The van der Waals surface area contributed by atoms with Crippen molar-refractivity contribution in [3.63, 3.8) is 0 Å². The molecule has 88 valence electrons. The Morgan fingerprint density at radius 2 is 2.12 bits per heavy atom. The number of nitrogens with one attached hydrogen (secondary N) is 1. The minimum atomic E-state index is 0.103. The summed E-state index contributed by atoms with van der Waals surface area (Å²) in [5.74, 6) is 5.67. The minimum Gasteiger partial charge on any atom is -0.373 e. The third-order valence-corrected chi connectivity index (χ3v) is 3.34. The first-order valence-electron chi connectivity index (χ1n) is 5.89. The fraction of sp³-hybridized carbons (Fsp3) is 0.538. The summed E-state index contributed by atoms with van der Waals surface area (Å²) in [6.45, 7) is 4.23. The van der Waals surface area contributed by atoms with Gasteiger partial charge in [0.1, 0.15) is 0 Å². The molecule has 3 nitrogen and oxygen atoms in total. The second-order valence-electron chi connectivity index (χ2n) is 4.56. The van der Waals surface area contributed by atoms with Gasteiger partial charge in [-0.3, -0.25) is 11.3 Å². The van der Waals surface area contributed by atoms with E-state index < -0.39 is 0 Å². The highest BCUT2D eigenvalue weighted by Crippen LogP contribution is 2.30. The smallest absolute Gasteiger partial charge is 0.0787 e. The van der Waals surface area contributed by atoms with Crippen LogP contribution in [0.25, 0.3) is 0 Å². The fourth-order valence-electron chi connectivity index (χ4n) is 2.41. The Morgan fingerprint density at radius 1 is 1.38 bits per heavy atom. The van der Waals surface area contributed by atoms with Crippen LogP contribution >= 0.6 is 0 Å². The number of rotatable bonds is 3. The van der Waals surface area contributed by atoms with E-state index in [0.29, 0.717) is 6.10 Å². The van der Waals surface area contributed by atoms with E-state index in [4.69, 9.17) is 10.6 Å². The molecule has 1 aliphatic heterocycles. The summed E-state index contributed by atoms with van der Waals surface area (Å²) in [6.07, 6.45) is 2.74. The molecule has 0 aromatic heterocycles. The summed E-state index contributed by atoms with van der Waals surface area (Å²) >= 11 is 0. The van der Waals surface area contributed by atoms with Crippen molar-refractivity contribution >= 4 is 0 Å². The Bertz CT molecular complexity index is 354. The first-order chi connectivity index (χ1) is 7.72. The van der Waals surface area contributed by atoms with Crippen LogP contribution in [0.5, 0.6) is 0 Å². The largest absolute Gasteiger partial charge is 0.373 e. The summed E-state index contributed by atoms with van der Waals surface area (Å²) < 4.78 is 5.88. The fourth-order valence-corrected chi connectivity index (χ4v) is 2.41. The van der Waals surface area contributed by atoms with E-state index in [0.717, 1.165) is 12.8 Å². The number of benzene rings is 1. The van der Waals surface area contributed by atoms with Crippen LogP contribution in [-0.2, 0) is 4.74 Å². The zero-order chi connectivity index (χ0) is 11.5. The van der Waals surface area contributed by atoms with Gasteiger partial charge in [-0.2, -0.15) is 0 Å². The lowest BCUT2D eigenvalue weighted by Gasteiger charge is -2.24. The second-order valence-corrected chi connectivity index (χ2v) is 4.56. The van der Waals surface area contributed by atoms with Gasteiger partial charge in [-0.05, 0) is 37.8 Å². The zero-order valence-corrected chi connectivity index (χ0v) is 9.94. The van der Waals surface area contributed by atoms with Crippen LogP contribution in [-0.4, -0.2) is 12.2 Å². The molecule has 0 bridgehead atoms. The van der Waals surface area contributed by atoms with Gasteiger partial charge in [0, 0.05) is 0 Å². The van der Waals surface area contributed by atoms with Gasteiger partial charge in [0.05, 0.1) is 18.2 Å². The lowest BCUT2D eigenvalue weighted by molar-refractivity contribution is 0.0314. The first kappa shape index (κ1) is 11.6. The van der Waals surface area contributed by atoms with Gasteiger partial charge in [-0.1, -0.05) is 24.3 Å². The topological polar surface area (TPSA) is 47.3 Å². The van der Waals surface area contributed by atoms with Gasteiger partial charge >= 0.3 is 0 Å². The monoisotopic (exact) mass is 220 g/mol. The normalized spacial score (nSPS) is 26.9. The molecule has 1 aromatic rings. The quantitative estimate of drug-likeness (QED) is 0.605. The molecule has 1 aromatic carbocycles. The standard InChI is InChI=1S/C13H20N2O/c1-9-5-3-4-6-11(9)13(15-14)12-8-7-10(2)16-12/h3-6,10,12-13,15H,7-8,14H2,1-2H3. The maximum Gasteiger partial charge on any atom is 0.0787 e. The molecule has 3 N–H and O–H groups in total. The Balaban J connectivity index is 2.19. The Hall–Kier alpha value is -0.900. The molecule has 1 heterocycles. The first-order valence-corrected chi connectivity index (χ1v) is 5.89. The maximum atomic E-state index is 5.88. The van der Waals surface area contributed by atoms with E-state index >= 15 is 0 Å². The molecule has 1 saturated heterocycles. The number of hydrazine groups is 1. The van der Waals surface area contributed by atoms with Crippen molar-refractivity contribution in [1.82, 2.24) is 5.43 Å². The van der Waals surface area contributed by atoms with Crippen LogP contribution in [0.2, 0.25) is 0 Å². The SMILES string of the molecule is Cc1ccccc1C(NN)C1CCC(C)O1. The molecule has 3 unspecified atom stereocenters. The van der Waals surface area contributed by atoms with Crippen molar-refractivity contribution in [3.05, 3.63) is 35.4 Å². The van der Waals surface area contributed by atoms with Crippen molar-refractivity contribution in [2.45, 2.75) is 44.9 Å². The molecule has 16 heavy (non-hydrogen) atoms. The van der Waals surface area contributed by atoms with Crippen LogP contribution in [0, 0.1) is 6.92 Å². The highest BCUT2D eigenvalue weighted by Gasteiger charge is 2.30. The van der Waals surface area contributed by atoms with E-state index in [1.807, 2.05) is 12.1 Å². The van der Waals surface area contributed by atoms with Crippen molar-refractivity contribution in [2.75, 3.05) is 0 Å². The lowest BCUT2D eigenvalue weighted by Crippen LogP contribution is -2.37. The van der Waals surface area contributed by atoms with Gasteiger partial charge in [-0.25, -0.2) is 0 Å². The number of hydrogen-bond donors (Lipinski definition) is 2. The highest BCUT2D eigenvalue weighted by molar-refractivity contribution is 5.29. The predicted molar refractivity (Wildman–Crippen MR) is 64.8 cm³/mol. The van der Waals surface area contributed by atoms with Crippen LogP contribution < -0.4 is 11.3 Å². The molecule has 0 aliphatic carbocycles. The molecular formula is C13H20N2O. The highest BCUT2D eigenvalue weighted by atomic mass is 16.5. The molecule has 0 amide bonds. The minimum absolute atomic E-state index is 0.103. The molecular weight excluding hydrogens is 200 g/mol. The van der Waals surface area contributed by atoms with E-state index in [9.17, 15) is 0 Å². The lowest BCUT2D eigenvalue weighted by atomic mass is 9.96. The maximum absolute atomic E-state index is 5.88. The van der Waals surface area contributed by atoms with E-state index in [2.05, 4.69) is 31.4 Å². The van der Waals surface area contributed by atoms with Gasteiger partial charge < -0.3 is 4.74 Å². The third kappa shape index (κ3) is 2.26. The zero-order valence-electron chi connectivity index (χ0n) is 9.94. The van der Waals surface area contributed by atoms with Crippen molar-refractivity contribution < 1.29 is 4.74 Å². The Labute approximate surface area is 97.0 Å². The van der Waals surface area contributed by atoms with E-state index in [1.54, 1.807) is 0 Å². The van der Waals surface area contributed by atoms with Gasteiger partial charge in [-0.15, -0.1) is 0 Å². The summed E-state index contributed by atoms with van der Waals surface area (Å²) in [6, 6.07) is 8.42. The van der Waals surface area contributed by atoms with E-state index in [1.165, 1.54) is 11.1 Å². The molecule has 1 fully saturated rings. The molecule has 0 spiro atoms. The molecule has 0 saturated carbocycles.